The summed E-state index contributed by atoms with van der Waals surface area (Å²) < 4.78 is 1.82. The highest BCUT2D eigenvalue weighted by Crippen LogP contribution is 2.20. The molecule has 0 aliphatic carbocycles. The third kappa shape index (κ3) is 3.53. The van der Waals surface area contributed by atoms with Gasteiger partial charge in [0.05, 0.1) is 11.3 Å². The number of carboxylic acid groups (broad SMARTS) is 1. The zero-order valence-corrected chi connectivity index (χ0v) is 11.1. The standard InChI is InChI=1S/C12H13N5O4/c1-8(6-16-3-2-13-7-16)15-11-10(12(18)19)4-9(5-14-11)17(20)21/h2-5,7-8H,6H2,1H3,(H,14,15)(H,18,19). The fourth-order valence-corrected chi connectivity index (χ4v) is 1.82. The first-order valence-electron chi connectivity index (χ1n) is 6.07. The number of pyridine rings is 1. The highest BCUT2D eigenvalue weighted by Gasteiger charge is 2.18. The molecule has 21 heavy (non-hydrogen) atoms. The lowest BCUT2D eigenvalue weighted by molar-refractivity contribution is -0.385. The Morgan fingerprint density at radius 2 is 2.38 bits per heavy atom. The van der Waals surface area contributed by atoms with Crippen molar-refractivity contribution in [1.29, 1.82) is 0 Å². The Bertz CT molecular complexity index is 656. The molecule has 0 aromatic carbocycles. The van der Waals surface area contributed by atoms with Crippen molar-refractivity contribution in [1.82, 2.24) is 14.5 Å². The Hall–Kier alpha value is -2.97. The van der Waals surface area contributed by atoms with Crippen LogP contribution in [0, 0.1) is 10.1 Å². The SMILES string of the molecule is CC(Cn1ccnc1)Nc1ncc([N+](=O)[O-])cc1C(=O)O. The Balaban J connectivity index is 2.18. The lowest BCUT2D eigenvalue weighted by Crippen LogP contribution is -2.23. The number of hydrogen-bond donors (Lipinski definition) is 2. The molecular weight excluding hydrogens is 278 g/mol. The molecule has 0 spiro atoms. The van der Waals surface area contributed by atoms with Crippen LogP contribution in [0.3, 0.4) is 0 Å². The van der Waals surface area contributed by atoms with Gasteiger partial charge in [-0.15, -0.1) is 0 Å². The van der Waals surface area contributed by atoms with Crippen LogP contribution < -0.4 is 5.32 Å². The summed E-state index contributed by atoms with van der Waals surface area (Å²) in [4.78, 5) is 28.9. The van der Waals surface area contributed by atoms with Crippen LogP contribution in [0.25, 0.3) is 0 Å². The summed E-state index contributed by atoms with van der Waals surface area (Å²) in [6.45, 7) is 2.40. The summed E-state index contributed by atoms with van der Waals surface area (Å²) in [6.07, 6.45) is 6.08. The smallest absolute Gasteiger partial charge is 0.339 e. The van der Waals surface area contributed by atoms with Gasteiger partial charge in [-0.3, -0.25) is 10.1 Å². The molecule has 0 fully saturated rings. The number of anilines is 1. The molecular formula is C12H13N5O4. The van der Waals surface area contributed by atoms with Crippen molar-refractivity contribution < 1.29 is 14.8 Å². The Labute approximate surface area is 119 Å². The fourth-order valence-electron chi connectivity index (χ4n) is 1.82. The average Bonchev–Trinajstić information content (AvgIpc) is 2.91. The molecule has 2 heterocycles. The molecule has 0 aliphatic rings. The molecule has 2 rings (SSSR count). The van der Waals surface area contributed by atoms with Crippen molar-refractivity contribution in [3.63, 3.8) is 0 Å². The first kappa shape index (κ1) is 14.4. The number of aromatic nitrogens is 3. The molecule has 0 saturated carbocycles. The Morgan fingerprint density at radius 3 is 2.95 bits per heavy atom. The zero-order chi connectivity index (χ0) is 15.4. The fraction of sp³-hybridized carbons (Fsp3) is 0.250. The van der Waals surface area contributed by atoms with Crippen molar-refractivity contribution in [2.45, 2.75) is 19.5 Å². The third-order valence-electron chi connectivity index (χ3n) is 2.74. The number of nitrogens with one attached hydrogen (secondary N) is 1. The topological polar surface area (TPSA) is 123 Å². The van der Waals surface area contributed by atoms with E-state index in [2.05, 4.69) is 15.3 Å². The summed E-state index contributed by atoms with van der Waals surface area (Å²) in [6, 6.07) is 0.855. The van der Waals surface area contributed by atoms with Gasteiger partial charge >= 0.3 is 5.97 Å². The normalized spacial score (nSPS) is 11.9. The monoisotopic (exact) mass is 291 g/mol. The van der Waals surface area contributed by atoms with Crippen molar-refractivity contribution in [2.24, 2.45) is 0 Å². The number of imidazole rings is 1. The molecule has 0 bridgehead atoms. The predicted octanol–water partition coefficient (Wildman–Crippen LogP) is 1.39. The van der Waals surface area contributed by atoms with Crippen LogP contribution in [-0.4, -0.2) is 36.6 Å². The maximum atomic E-state index is 11.2. The maximum Gasteiger partial charge on any atom is 0.339 e. The molecule has 9 nitrogen and oxygen atoms in total. The molecule has 110 valence electrons. The second-order valence-electron chi connectivity index (χ2n) is 4.46. The highest BCUT2D eigenvalue weighted by molar-refractivity contribution is 5.93. The van der Waals surface area contributed by atoms with E-state index in [1.165, 1.54) is 0 Å². The molecule has 2 aromatic heterocycles. The van der Waals surface area contributed by atoms with Crippen LogP contribution in [0.1, 0.15) is 17.3 Å². The van der Waals surface area contributed by atoms with Crippen LogP contribution in [0.5, 0.6) is 0 Å². The minimum atomic E-state index is -1.27. The van der Waals surface area contributed by atoms with Gasteiger partial charge in [0, 0.05) is 31.0 Å². The number of hydrogen-bond acceptors (Lipinski definition) is 6. The van der Waals surface area contributed by atoms with Gasteiger partial charge in [0.1, 0.15) is 17.6 Å². The zero-order valence-electron chi connectivity index (χ0n) is 11.1. The van der Waals surface area contributed by atoms with Gasteiger partial charge in [-0.05, 0) is 6.92 Å². The van der Waals surface area contributed by atoms with E-state index >= 15 is 0 Å². The van der Waals surface area contributed by atoms with Crippen molar-refractivity contribution >= 4 is 17.5 Å². The number of nitro groups is 1. The average molecular weight is 291 g/mol. The summed E-state index contributed by atoms with van der Waals surface area (Å²) in [5.41, 5.74) is -0.595. The summed E-state index contributed by atoms with van der Waals surface area (Å²) in [5.74, 6) is -1.18. The van der Waals surface area contributed by atoms with E-state index < -0.39 is 10.9 Å². The molecule has 0 aliphatic heterocycles. The number of nitrogens with zero attached hydrogens (tertiary/aromatic N) is 4. The molecule has 9 heteroatoms. The van der Waals surface area contributed by atoms with Crippen molar-refractivity contribution in [2.75, 3.05) is 5.32 Å². The first-order chi connectivity index (χ1) is 9.97. The van der Waals surface area contributed by atoms with Crippen LogP contribution in [-0.2, 0) is 6.54 Å². The molecule has 0 radical (unpaired) electrons. The predicted molar refractivity (Wildman–Crippen MR) is 73.2 cm³/mol. The molecule has 0 amide bonds. The Kier molecular flexibility index (Phi) is 4.12. The van der Waals surface area contributed by atoms with Crippen LogP contribution >= 0.6 is 0 Å². The van der Waals surface area contributed by atoms with E-state index in [0.717, 1.165) is 12.3 Å². The van der Waals surface area contributed by atoms with E-state index in [9.17, 15) is 14.9 Å². The molecule has 1 atom stereocenters. The van der Waals surface area contributed by atoms with Gasteiger partial charge < -0.3 is 15.0 Å². The van der Waals surface area contributed by atoms with Gasteiger partial charge in [-0.25, -0.2) is 14.8 Å². The van der Waals surface area contributed by atoms with Crippen molar-refractivity contribution in [3.8, 4) is 0 Å². The van der Waals surface area contributed by atoms with Gasteiger partial charge in [0.25, 0.3) is 5.69 Å². The van der Waals surface area contributed by atoms with Gasteiger partial charge in [0.15, 0.2) is 0 Å². The summed E-state index contributed by atoms with van der Waals surface area (Å²) >= 11 is 0. The number of rotatable bonds is 6. The quantitative estimate of drug-likeness (QED) is 0.608. The molecule has 2 N–H and O–H groups in total. The number of carbonyl (C=O) groups is 1. The lowest BCUT2D eigenvalue weighted by Gasteiger charge is -2.16. The van der Waals surface area contributed by atoms with Gasteiger partial charge in [-0.1, -0.05) is 0 Å². The van der Waals surface area contributed by atoms with E-state index in [0.29, 0.717) is 6.54 Å². The second-order valence-corrected chi connectivity index (χ2v) is 4.46. The minimum absolute atomic E-state index is 0.0979. The molecule has 1 unspecified atom stereocenters. The first-order valence-corrected chi connectivity index (χ1v) is 6.07. The molecule has 0 saturated heterocycles. The van der Waals surface area contributed by atoms with E-state index in [-0.39, 0.29) is 23.1 Å². The van der Waals surface area contributed by atoms with E-state index in [1.54, 1.807) is 18.7 Å². The number of carboxylic acids is 1. The Morgan fingerprint density at radius 1 is 1.62 bits per heavy atom. The lowest BCUT2D eigenvalue weighted by atomic mass is 10.2. The van der Waals surface area contributed by atoms with Crippen LogP contribution in [0.15, 0.2) is 31.0 Å². The van der Waals surface area contributed by atoms with E-state index in [4.69, 9.17) is 5.11 Å². The number of aromatic carboxylic acids is 1. The van der Waals surface area contributed by atoms with Gasteiger partial charge in [0.2, 0.25) is 0 Å². The maximum absolute atomic E-state index is 11.2. The van der Waals surface area contributed by atoms with Crippen LogP contribution in [0.4, 0.5) is 11.5 Å². The van der Waals surface area contributed by atoms with Crippen molar-refractivity contribution in [3.05, 3.63) is 46.7 Å². The van der Waals surface area contributed by atoms with Crippen LogP contribution in [0.2, 0.25) is 0 Å². The third-order valence-corrected chi connectivity index (χ3v) is 2.74. The summed E-state index contributed by atoms with van der Waals surface area (Å²) in [5, 5.41) is 22.7. The van der Waals surface area contributed by atoms with Gasteiger partial charge in [-0.2, -0.15) is 0 Å². The second kappa shape index (κ2) is 5.99. The molecule has 2 aromatic rings. The highest BCUT2D eigenvalue weighted by atomic mass is 16.6. The minimum Gasteiger partial charge on any atom is -0.478 e. The largest absolute Gasteiger partial charge is 0.478 e. The van der Waals surface area contributed by atoms with E-state index in [1.807, 2.05) is 11.5 Å². The summed E-state index contributed by atoms with van der Waals surface area (Å²) in [7, 11) is 0.